The number of aromatic nitrogens is 2. The summed E-state index contributed by atoms with van der Waals surface area (Å²) in [7, 11) is 2.10. The van der Waals surface area contributed by atoms with Crippen molar-refractivity contribution in [3.63, 3.8) is 0 Å². The van der Waals surface area contributed by atoms with Crippen LogP contribution in [0.1, 0.15) is 16.7 Å². The highest BCUT2D eigenvalue weighted by Gasteiger charge is 2.25. The van der Waals surface area contributed by atoms with Crippen LogP contribution >= 0.6 is 0 Å². The average molecular weight is 367 g/mol. The van der Waals surface area contributed by atoms with Gasteiger partial charge in [0, 0.05) is 16.3 Å². The first-order valence-corrected chi connectivity index (χ1v) is 9.61. The molecule has 3 aromatic carbocycles. The Bertz CT molecular complexity index is 1350. The summed E-state index contributed by atoms with van der Waals surface area (Å²) in [6.07, 6.45) is 4.26. The molecule has 3 nitrogen and oxygen atoms in total. The minimum absolute atomic E-state index is 0.939. The van der Waals surface area contributed by atoms with Crippen LogP contribution in [0.2, 0.25) is 0 Å². The van der Waals surface area contributed by atoms with Crippen LogP contribution in [0.25, 0.3) is 39.0 Å². The van der Waals surface area contributed by atoms with E-state index in [0.29, 0.717) is 0 Å². The summed E-state index contributed by atoms with van der Waals surface area (Å²) in [4.78, 5) is 0. The normalized spacial score (nSPS) is 11.6. The van der Waals surface area contributed by atoms with E-state index in [2.05, 4.69) is 91.8 Å². The van der Waals surface area contributed by atoms with E-state index in [4.69, 9.17) is 4.42 Å². The highest BCUT2D eigenvalue weighted by atomic mass is 16.3. The number of imidazole rings is 1. The molecule has 0 aliphatic rings. The number of hydrogen-bond acceptors (Lipinski definition) is 1. The second-order valence-electron chi connectivity index (χ2n) is 7.56. The highest BCUT2D eigenvalue weighted by Crippen LogP contribution is 2.36. The molecule has 28 heavy (non-hydrogen) atoms. The number of furan rings is 1. The van der Waals surface area contributed by atoms with Gasteiger partial charge < -0.3 is 4.42 Å². The zero-order valence-corrected chi connectivity index (χ0v) is 16.7. The van der Waals surface area contributed by atoms with E-state index in [1.54, 1.807) is 0 Å². The molecule has 0 N–H and O–H groups in total. The molecule has 0 atom stereocenters. The third-order valence-corrected chi connectivity index (χ3v) is 5.69. The van der Waals surface area contributed by atoms with E-state index in [9.17, 15) is 0 Å². The summed E-state index contributed by atoms with van der Waals surface area (Å²) in [6.45, 7) is 6.51. The van der Waals surface area contributed by atoms with Crippen molar-refractivity contribution in [3.8, 4) is 17.1 Å². The number of para-hydroxylation sites is 1. The van der Waals surface area contributed by atoms with Gasteiger partial charge in [-0.05, 0) is 50.1 Å². The quantitative estimate of drug-likeness (QED) is 0.362. The van der Waals surface area contributed by atoms with Gasteiger partial charge in [0.05, 0.1) is 12.6 Å². The maximum atomic E-state index is 6.26. The third kappa shape index (κ3) is 2.32. The Balaban J connectivity index is 1.84. The Morgan fingerprint density at radius 1 is 0.857 bits per heavy atom. The summed E-state index contributed by atoms with van der Waals surface area (Å²) in [5.41, 5.74) is 7.99. The van der Waals surface area contributed by atoms with Crippen LogP contribution in [0.5, 0.6) is 0 Å². The van der Waals surface area contributed by atoms with Gasteiger partial charge in [-0.2, -0.15) is 4.57 Å². The molecule has 0 unspecified atom stereocenters. The van der Waals surface area contributed by atoms with Crippen LogP contribution in [0, 0.1) is 20.8 Å². The van der Waals surface area contributed by atoms with Gasteiger partial charge in [-0.15, -0.1) is 0 Å². The summed E-state index contributed by atoms with van der Waals surface area (Å²) in [5.74, 6) is 1.17. The summed E-state index contributed by atoms with van der Waals surface area (Å²) in [5, 5.41) is 2.36. The molecule has 0 radical (unpaired) electrons. The van der Waals surface area contributed by atoms with Crippen molar-refractivity contribution >= 4 is 21.9 Å². The Morgan fingerprint density at radius 2 is 1.61 bits per heavy atom. The molecule has 5 rings (SSSR count). The van der Waals surface area contributed by atoms with E-state index < -0.39 is 0 Å². The van der Waals surface area contributed by atoms with Crippen molar-refractivity contribution in [2.24, 2.45) is 7.05 Å². The Morgan fingerprint density at radius 3 is 2.43 bits per heavy atom. The number of benzene rings is 3. The van der Waals surface area contributed by atoms with Gasteiger partial charge in [-0.3, -0.25) is 0 Å². The Labute approximate surface area is 164 Å². The SMILES string of the molecule is Cc1ccccc1-c1n(-c2c(C)cc3c(oc4ccccc43)c2C)cc[n+]1C. The lowest BCUT2D eigenvalue weighted by Gasteiger charge is -2.11. The molecule has 0 saturated heterocycles. The summed E-state index contributed by atoms with van der Waals surface area (Å²) < 4.78 is 10.7. The smallest absolute Gasteiger partial charge is 0.294 e. The standard InChI is InChI=1S/C25H23N2O/c1-16-9-5-6-10-19(16)25-26(4)13-14-27(25)23-17(2)15-21-20-11-7-8-12-22(20)28-24(21)18(23)3/h5-15H,1-4H3/q+1. The Kier molecular flexibility index (Phi) is 3.66. The second kappa shape index (κ2) is 6.10. The van der Waals surface area contributed by atoms with Gasteiger partial charge >= 0.3 is 0 Å². The van der Waals surface area contributed by atoms with Crippen LogP contribution in [0.4, 0.5) is 0 Å². The number of rotatable bonds is 2. The fraction of sp³-hybridized carbons (Fsp3) is 0.160. The fourth-order valence-corrected chi connectivity index (χ4v) is 4.35. The molecule has 2 heterocycles. The van der Waals surface area contributed by atoms with Gasteiger partial charge in [-0.25, -0.2) is 4.57 Å². The molecule has 0 aliphatic carbocycles. The molecule has 0 bridgehead atoms. The first-order chi connectivity index (χ1) is 13.6. The van der Waals surface area contributed by atoms with Crippen LogP contribution in [0.3, 0.4) is 0 Å². The predicted molar refractivity (Wildman–Crippen MR) is 114 cm³/mol. The molecule has 5 aromatic rings. The molecule has 0 aliphatic heterocycles. The molecule has 0 amide bonds. The van der Waals surface area contributed by atoms with Gasteiger partial charge in [0.2, 0.25) is 0 Å². The van der Waals surface area contributed by atoms with Crippen molar-refractivity contribution in [2.75, 3.05) is 0 Å². The largest absolute Gasteiger partial charge is 0.456 e. The van der Waals surface area contributed by atoms with Crippen LogP contribution < -0.4 is 4.57 Å². The first kappa shape index (κ1) is 16.8. The van der Waals surface area contributed by atoms with Crippen molar-refractivity contribution < 1.29 is 8.98 Å². The van der Waals surface area contributed by atoms with E-state index in [1.807, 2.05) is 12.1 Å². The third-order valence-electron chi connectivity index (χ3n) is 5.69. The Hall–Kier alpha value is -3.33. The van der Waals surface area contributed by atoms with Gasteiger partial charge in [0.15, 0.2) is 0 Å². The fourth-order valence-electron chi connectivity index (χ4n) is 4.35. The maximum absolute atomic E-state index is 6.26. The van der Waals surface area contributed by atoms with Gasteiger partial charge in [0.1, 0.15) is 29.2 Å². The van der Waals surface area contributed by atoms with E-state index in [-0.39, 0.29) is 0 Å². The minimum Gasteiger partial charge on any atom is -0.456 e. The molecule has 0 saturated carbocycles. The second-order valence-corrected chi connectivity index (χ2v) is 7.56. The summed E-state index contributed by atoms with van der Waals surface area (Å²) in [6, 6.07) is 19.1. The predicted octanol–water partition coefficient (Wildman–Crippen LogP) is 5.79. The van der Waals surface area contributed by atoms with Crippen molar-refractivity contribution in [2.45, 2.75) is 20.8 Å². The van der Waals surface area contributed by atoms with Gasteiger partial charge in [0.25, 0.3) is 5.82 Å². The van der Waals surface area contributed by atoms with Crippen molar-refractivity contribution in [1.29, 1.82) is 0 Å². The minimum atomic E-state index is 0.939. The lowest BCUT2D eigenvalue weighted by Crippen LogP contribution is -2.29. The number of nitrogens with zero attached hydrogens (tertiary/aromatic N) is 2. The molecule has 0 fully saturated rings. The topological polar surface area (TPSA) is 21.9 Å². The van der Waals surface area contributed by atoms with Crippen LogP contribution in [0.15, 0.2) is 71.4 Å². The van der Waals surface area contributed by atoms with Crippen molar-refractivity contribution in [1.82, 2.24) is 4.57 Å². The number of aryl methyl sites for hydroxylation is 4. The molecule has 0 spiro atoms. The zero-order chi connectivity index (χ0) is 19.4. The lowest BCUT2D eigenvalue weighted by molar-refractivity contribution is -0.659. The van der Waals surface area contributed by atoms with Gasteiger partial charge in [-0.1, -0.05) is 36.4 Å². The van der Waals surface area contributed by atoms with E-state index in [1.165, 1.54) is 39.0 Å². The van der Waals surface area contributed by atoms with E-state index in [0.717, 1.165) is 16.7 Å². The highest BCUT2D eigenvalue weighted by molar-refractivity contribution is 6.07. The van der Waals surface area contributed by atoms with E-state index >= 15 is 0 Å². The maximum Gasteiger partial charge on any atom is 0.294 e. The monoisotopic (exact) mass is 367 g/mol. The number of fused-ring (bicyclic) bond motifs is 3. The molecule has 2 aromatic heterocycles. The van der Waals surface area contributed by atoms with Crippen LogP contribution in [-0.2, 0) is 7.05 Å². The molecular weight excluding hydrogens is 344 g/mol. The average Bonchev–Trinajstić information content (AvgIpc) is 3.24. The first-order valence-electron chi connectivity index (χ1n) is 9.61. The van der Waals surface area contributed by atoms with Crippen molar-refractivity contribution in [3.05, 3.63) is 83.7 Å². The lowest BCUT2D eigenvalue weighted by atomic mass is 10.0. The summed E-state index contributed by atoms with van der Waals surface area (Å²) >= 11 is 0. The zero-order valence-electron chi connectivity index (χ0n) is 16.7. The molecule has 3 heteroatoms. The molecule has 138 valence electrons. The van der Waals surface area contributed by atoms with Crippen LogP contribution in [-0.4, -0.2) is 4.57 Å². The molecular formula is C25H23N2O+. The number of hydrogen-bond donors (Lipinski definition) is 0.